The zero-order chi connectivity index (χ0) is 19.9. The van der Waals surface area contributed by atoms with Crippen LogP contribution < -0.4 is 0 Å². The molecule has 4 rings (SSSR count). The summed E-state index contributed by atoms with van der Waals surface area (Å²) in [5, 5.41) is 4.45. The Hall–Kier alpha value is -2.13. The van der Waals surface area contributed by atoms with Crippen LogP contribution in [0.15, 0.2) is 42.7 Å². The van der Waals surface area contributed by atoms with Crippen molar-refractivity contribution >= 4 is 23.5 Å². The molecule has 1 aromatic carbocycles. The predicted molar refractivity (Wildman–Crippen MR) is 121 cm³/mol. The van der Waals surface area contributed by atoms with E-state index in [1.165, 1.54) is 44.8 Å². The van der Waals surface area contributed by atoms with Crippen molar-refractivity contribution in [2.24, 2.45) is 0 Å². The van der Waals surface area contributed by atoms with Crippen molar-refractivity contribution in [1.82, 2.24) is 9.78 Å². The first-order chi connectivity index (χ1) is 13.2. The molecule has 0 spiro atoms. The summed E-state index contributed by atoms with van der Waals surface area (Å²) in [6.45, 7) is 12.5. The quantitative estimate of drug-likeness (QED) is 0.478. The van der Waals surface area contributed by atoms with Gasteiger partial charge in [-0.05, 0) is 77.1 Å². The van der Waals surface area contributed by atoms with Gasteiger partial charge in [-0.1, -0.05) is 45.9 Å². The number of benzene rings is 1. The number of nitrogens with zero attached hydrogens (tertiary/aromatic N) is 2. The molecule has 0 N–H and O–H groups in total. The Morgan fingerprint density at radius 2 is 1.75 bits per heavy atom. The summed E-state index contributed by atoms with van der Waals surface area (Å²) in [6.07, 6.45) is 10.9. The molecule has 0 aliphatic heterocycles. The van der Waals surface area contributed by atoms with Crippen molar-refractivity contribution < 1.29 is 0 Å². The standard InChI is InChI=1S/C25H30N2S/c1-18-7-9-21(28-18)10-8-19-15-22-23(25(4,5)12-11-24(22,2)3)16-20(19)17-27-14-6-13-26-27/h6-10,13-16H,11-12,17H2,1-5H3/b10-8+. The van der Waals surface area contributed by atoms with Crippen molar-refractivity contribution in [3.63, 3.8) is 0 Å². The molecule has 2 heterocycles. The average Bonchev–Trinajstić information content (AvgIpc) is 3.29. The maximum atomic E-state index is 4.45. The van der Waals surface area contributed by atoms with Crippen molar-refractivity contribution in [2.45, 2.75) is 64.8 Å². The Kier molecular flexibility index (Phi) is 4.83. The second-order valence-electron chi connectivity index (χ2n) is 9.35. The molecule has 2 nitrogen and oxygen atoms in total. The summed E-state index contributed by atoms with van der Waals surface area (Å²) in [7, 11) is 0. The molecule has 0 fully saturated rings. The third-order valence-corrected chi connectivity index (χ3v) is 7.16. The van der Waals surface area contributed by atoms with E-state index in [0.717, 1.165) is 6.54 Å². The second-order valence-corrected chi connectivity index (χ2v) is 10.7. The van der Waals surface area contributed by atoms with E-state index in [4.69, 9.17) is 0 Å². The lowest BCUT2D eigenvalue weighted by Crippen LogP contribution is -2.34. The van der Waals surface area contributed by atoms with Gasteiger partial charge in [-0.2, -0.15) is 5.10 Å². The Morgan fingerprint density at radius 1 is 1.04 bits per heavy atom. The van der Waals surface area contributed by atoms with E-state index >= 15 is 0 Å². The van der Waals surface area contributed by atoms with E-state index in [9.17, 15) is 0 Å². The Bertz CT molecular complexity index is 1000. The summed E-state index contributed by atoms with van der Waals surface area (Å²) in [5.41, 5.74) is 6.11. The van der Waals surface area contributed by atoms with E-state index in [2.05, 4.69) is 76.1 Å². The molecule has 0 saturated carbocycles. The van der Waals surface area contributed by atoms with Gasteiger partial charge in [0, 0.05) is 22.1 Å². The first kappa shape index (κ1) is 19.2. The van der Waals surface area contributed by atoms with Crippen LogP contribution in [0.3, 0.4) is 0 Å². The van der Waals surface area contributed by atoms with E-state index < -0.39 is 0 Å². The first-order valence-electron chi connectivity index (χ1n) is 10.1. The van der Waals surface area contributed by atoms with Gasteiger partial charge in [-0.25, -0.2) is 0 Å². The third-order valence-electron chi connectivity index (χ3n) is 6.19. The summed E-state index contributed by atoms with van der Waals surface area (Å²) < 4.78 is 2.02. The van der Waals surface area contributed by atoms with Gasteiger partial charge in [-0.15, -0.1) is 11.3 Å². The molecule has 0 unspecified atom stereocenters. The van der Waals surface area contributed by atoms with Crippen LogP contribution in [0.25, 0.3) is 12.2 Å². The highest BCUT2D eigenvalue weighted by Gasteiger charge is 2.37. The number of fused-ring (bicyclic) bond motifs is 1. The highest BCUT2D eigenvalue weighted by atomic mass is 32.1. The SMILES string of the molecule is Cc1ccc(/C=C/c2cc3c(cc2Cn2cccn2)C(C)(C)CCC3(C)C)s1. The largest absolute Gasteiger partial charge is 0.268 e. The third kappa shape index (κ3) is 3.73. The molecule has 1 aliphatic carbocycles. The smallest absolute Gasteiger partial charge is 0.0665 e. The van der Waals surface area contributed by atoms with Gasteiger partial charge in [0.15, 0.2) is 0 Å². The minimum atomic E-state index is 0.219. The van der Waals surface area contributed by atoms with Gasteiger partial charge in [0.25, 0.3) is 0 Å². The van der Waals surface area contributed by atoms with Crippen LogP contribution in [0.4, 0.5) is 0 Å². The van der Waals surface area contributed by atoms with E-state index in [0.29, 0.717) is 0 Å². The number of hydrogen-bond donors (Lipinski definition) is 0. The molecule has 1 aliphatic rings. The fraction of sp³-hybridized carbons (Fsp3) is 0.400. The average molecular weight is 391 g/mol. The van der Waals surface area contributed by atoms with Gasteiger partial charge in [0.2, 0.25) is 0 Å². The van der Waals surface area contributed by atoms with Crippen LogP contribution in [0.5, 0.6) is 0 Å². The Balaban J connectivity index is 1.83. The maximum Gasteiger partial charge on any atom is 0.0665 e. The predicted octanol–water partition coefficient (Wildman–Crippen LogP) is 6.82. The van der Waals surface area contributed by atoms with Crippen molar-refractivity contribution in [2.75, 3.05) is 0 Å². The minimum absolute atomic E-state index is 0.219. The lowest BCUT2D eigenvalue weighted by molar-refractivity contribution is 0.331. The normalized spacial score (nSPS) is 17.8. The van der Waals surface area contributed by atoms with E-state index in [1.807, 2.05) is 34.5 Å². The number of aromatic nitrogens is 2. The molecule has 146 valence electrons. The van der Waals surface area contributed by atoms with Crippen molar-refractivity contribution in [3.8, 4) is 0 Å². The number of thiophene rings is 1. The fourth-order valence-electron chi connectivity index (χ4n) is 4.25. The molecule has 2 aromatic heterocycles. The van der Waals surface area contributed by atoms with Crippen LogP contribution in [0, 0.1) is 6.92 Å². The number of rotatable bonds is 4. The summed E-state index contributed by atoms with van der Waals surface area (Å²) >= 11 is 1.84. The zero-order valence-corrected chi connectivity index (χ0v) is 18.4. The number of hydrogen-bond acceptors (Lipinski definition) is 2. The molecule has 0 saturated heterocycles. The summed E-state index contributed by atoms with van der Waals surface area (Å²) in [5.74, 6) is 0. The minimum Gasteiger partial charge on any atom is -0.268 e. The van der Waals surface area contributed by atoms with Crippen LogP contribution >= 0.6 is 11.3 Å². The highest BCUT2D eigenvalue weighted by molar-refractivity contribution is 7.12. The highest BCUT2D eigenvalue weighted by Crippen LogP contribution is 2.46. The van der Waals surface area contributed by atoms with Crippen LogP contribution in [-0.4, -0.2) is 9.78 Å². The molecule has 0 atom stereocenters. The Labute approximate surface area is 172 Å². The van der Waals surface area contributed by atoms with E-state index in [1.54, 1.807) is 0 Å². The molecule has 0 bridgehead atoms. The number of aryl methyl sites for hydroxylation is 1. The van der Waals surface area contributed by atoms with Crippen molar-refractivity contribution in [3.05, 3.63) is 74.7 Å². The van der Waals surface area contributed by atoms with Crippen LogP contribution in [0.1, 0.15) is 72.5 Å². The van der Waals surface area contributed by atoms with E-state index in [-0.39, 0.29) is 10.8 Å². The molecule has 28 heavy (non-hydrogen) atoms. The zero-order valence-electron chi connectivity index (χ0n) is 17.6. The molecule has 0 radical (unpaired) electrons. The van der Waals surface area contributed by atoms with Crippen LogP contribution in [-0.2, 0) is 17.4 Å². The summed E-state index contributed by atoms with van der Waals surface area (Å²) in [4.78, 5) is 2.66. The van der Waals surface area contributed by atoms with Gasteiger partial charge < -0.3 is 0 Å². The lowest BCUT2D eigenvalue weighted by atomic mass is 9.62. The van der Waals surface area contributed by atoms with Gasteiger partial charge in [0.05, 0.1) is 6.54 Å². The monoisotopic (exact) mass is 390 g/mol. The second kappa shape index (κ2) is 7.04. The summed E-state index contributed by atoms with van der Waals surface area (Å²) in [6, 6.07) is 11.3. The molecular weight excluding hydrogens is 360 g/mol. The topological polar surface area (TPSA) is 17.8 Å². The fourth-order valence-corrected chi connectivity index (χ4v) is 5.03. The maximum absolute atomic E-state index is 4.45. The first-order valence-corrected chi connectivity index (χ1v) is 11.0. The molecule has 3 aromatic rings. The van der Waals surface area contributed by atoms with Gasteiger partial charge in [-0.3, -0.25) is 4.68 Å². The lowest BCUT2D eigenvalue weighted by Gasteiger charge is -2.42. The van der Waals surface area contributed by atoms with Gasteiger partial charge >= 0.3 is 0 Å². The molecule has 0 amide bonds. The molecular formula is C25H30N2S. The van der Waals surface area contributed by atoms with Gasteiger partial charge in [0.1, 0.15) is 0 Å². The molecule has 3 heteroatoms. The Morgan fingerprint density at radius 3 is 2.36 bits per heavy atom. The van der Waals surface area contributed by atoms with Crippen molar-refractivity contribution in [1.29, 1.82) is 0 Å². The van der Waals surface area contributed by atoms with Crippen LogP contribution in [0.2, 0.25) is 0 Å².